The van der Waals surface area contributed by atoms with Crippen molar-refractivity contribution < 1.29 is 28.8 Å². The number of phenolic OH excluding ortho intramolecular Hbond substituents is 1. The van der Waals surface area contributed by atoms with Crippen molar-refractivity contribution in [1.82, 2.24) is 4.57 Å². The van der Waals surface area contributed by atoms with Gasteiger partial charge in [0, 0.05) is 0 Å². The first kappa shape index (κ1) is 26.3. The molecule has 0 bridgehead atoms. The molecule has 1 unspecified atom stereocenters. The number of esters is 1. The SMILES string of the molecule is CCOC(=O)C1=C(C)N=c2s/c(=C\c3cc(Cl)c(O)c(OC)c3)c(=O)n2C1c1ccc(OC)c(OC)c1. The second-order valence-electron chi connectivity index (χ2n) is 7.97. The minimum Gasteiger partial charge on any atom is -0.503 e. The van der Waals surface area contributed by atoms with Gasteiger partial charge in [-0.1, -0.05) is 29.0 Å². The Kier molecular flexibility index (Phi) is 7.60. The first-order valence-electron chi connectivity index (χ1n) is 11.2. The van der Waals surface area contributed by atoms with E-state index < -0.39 is 12.0 Å². The van der Waals surface area contributed by atoms with Gasteiger partial charge < -0.3 is 24.1 Å². The Hall–Kier alpha value is -3.76. The molecule has 11 heteroatoms. The Morgan fingerprint density at radius 3 is 2.49 bits per heavy atom. The highest BCUT2D eigenvalue weighted by Crippen LogP contribution is 2.37. The van der Waals surface area contributed by atoms with E-state index in [-0.39, 0.29) is 34.3 Å². The van der Waals surface area contributed by atoms with E-state index in [1.54, 1.807) is 44.2 Å². The fourth-order valence-corrected chi connectivity index (χ4v) is 5.38. The number of halogens is 1. The number of thiazole rings is 1. The lowest BCUT2D eigenvalue weighted by Gasteiger charge is -2.25. The van der Waals surface area contributed by atoms with Crippen molar-refractivity contribution in [1.29, 1.82) is 0 Å². The fraction of sp³-hybridized carbons (Fsp3) is 0.269. The number of aromatic nitrogens is 1. The maximum Gasteiger partial charge on any atom is 0.338 e. The van der Waals surface area contributed by atoms with Crippen molar-refractivity contribution in [3.05, 3.63) is 77.4 Å². The number of carbonyl (C=O) groups excluding carboxylic acids is 1. The topological polar surface area (TPSA) is 109 Å². The van der Waals surface area contributed by atoms with Gasteiger partial charge in [0.15, 0.2) is 27.8 Å². The quantitative estimate of drug-likeness (QED) is 0.455. The molecule has 1 aromatic heterocycles. The molecular formula is C26H25ClN2O7S. The van der Waals surface area contributed by atoms with Crippen molar-refractivity contribution in [2.24, 2.45) is 4.99 Å². The highest BCUT2D eigenvalue weighted by atomic mass is 35.5. The number of allylic oxidation sites excluding steroid dienone is 1. The number of methoxy groups -OCH3 is 3. The third-order valence-electron chi connectivity index (χ3n) is 5.81. The number of hydrogen-bond donors (Lipinski definition) is 1. The summed E-state index contributed by atoms with van der Waals surface area (Å²) in [7, 11) is 4.45. The molecule has 0 saturated carbocycles. The number of aromatic hydroxyl groups is 1. The molecule has 1 aliphatic rings. The van der Waals surface area contributed by atoms with Gasteiger partial charge in [0.05, 0.1) is 54.8 Å². The van der Waals surface area contributed by atoms with Crippen molar-refractivity contribution in [2.45, 2.75) is 19.9 Å². The summed E-state index contributed by atoms with van der Waals surface area (Å²) in [5.74, 6) is 0.384. The minimum atomic E-state index is -0.810. The van der Waals surface area contributed by atoms with Gasteiger partial charge in [-0.15, -0.1) is 0 Å². The molecule has 0 radical (unpaired) electrons. The summed E-state index contributed by atoms with van der Waals surface area (Å²) in [5.41, 5.74) is 1.51. The average Bonchev–Trinajstić information content (AvgIpc) is 3.18. The summed E-state index contributed by atoms with van der Waals surface area (Å²) >= 11 is 7.30. The molecule has 0 amide bonds. The van der Waals surface area contributed by atoms with Gasteiger partial charge in [0.25, 0.3) is 5.56 Å². The molecule has 1 aliphatic heterocycles. The van der Waals surface area contributed by atoms with Gasteiger partial charge in [-0.3, -0.25) is 9.36 Å². The number of fused-ring (bicyclic) bond motifs is 1. The molecular weight excluding hydrogens is 520 g/mol. The van der Waals surface area contributed by atoms with E-state index in [0.29, 0.717) is 37.7 Å². The van der Waals surface area contributed by atoms with Gasteiger partial charge in [0.2, 0.25) is 0 Å². The third-order valence-corrected chi connectivity index (χ3v) is 7.08. The van der Waals surface area contributed by atoms with Crippen LogP contribution in [0.25, 0.3) is 6.08 Å². The normalized spacial score (nSPS) is 15.2. The summed E-state index contributed by atoms with van der Waals surface area (Å²) in [4.78, 5) is 31.8. The van der Waals surface area contributed by atoms with E-state index in [1.165, 1.54) is 43.3 Å². The van der Waals surface area contributed by atoms with Crippen molar-refractivity contribution in [3.63, 3.8) is 0 Å². The number of phenols is 1. The van der Waals surface area contributed by atoms with Crippen molar-refractivity contribution >= 4 is 35.0 Å². The van der Waals surface area contributed by atoms with Gasteiger partial charge >= 0.3 is 5.97 Å². The largest absolute Gasteiger partial charge is 0.503 e. The third kappa shape index (κ3) is 4.82. The lowest BCUT2D eigenvalue weighted by atomic mass is 9.95. The number of ether oxygens (including phenoxy) is 4. The standard InChI is InChI=1S/C26H25ClN2O7S/c1-6-36-25(32)21-13(2)28-26-29(22(21)15-7-8-17(33-3)18(12-15)34-4)24(31)20(37-26)11-14-9-16(27)23(30)19(10-14)35-5/h7-12,22,30H,6H2,1-5H3/b20-11-. The molecule has 3 aromatic rings. The van der Waals surface area contributed by atoms with Crippen LogP contribution in [0.1, 0.15) is 31.0 Å². The fourth-order valence-electron chi connectivity index (χ4n) is 4.11. The predicted molar refractivity (Wildman–Crippen MR) is 140 cm³/mol. The molecule has 2 aromatic carbocycles. The second-order valence-corrected chi connectivity index (χ2v) is 9.39. The van der Waals surface area contributed by atoms with Crippen LogP contribution in [0.4, 0.5) is 0 Å². The van der Waals surface area contributed by atoms with Crippen LogP contribution in [0, 0.1) is 0 Å². The summed E-state index contributed by atoms with van der Waals surface area (Å²) < 4.78 is 23.1. The lowest BCUT2D eigenvalue weighted by molar-refractivity contribution is -0.139. The summed E-state index contributed by atoms with van der Waals surface area (Å²) in [6.07, 6.45) is 1.63. The number of benzene rings is 2. The molecule has 4 rings (SSSR count). The van der Waals surface area contributed by atoms with E-state index in [0.717, 1.165) is 0 Å². The Morgan fingerprint density at radius 1 is 1.14 bits per heavy atom. The van der Waals surface area contributed by atoms with Crippen LogP contribution in [0.15, 0.2) is 51.4 Å². The van der Waals surface area contributed by atoms with E-state index in [1.807, 2.05) is 0 Å². The monoisotopic (exact) mass is 544 g/mol. The van der Waals surface area contributed by atoms with Crippen LogP contribution >= 0.6 is 22.9 Å². The first-order valence-corrected chi connectivity index (χ1v) is 12.4. The predicted octanol–water partition coefficient (Wildman–Crippen LogP) is 3.18. The maximum absolute atomic E-state index is 13.8. The number of nitrogens with zero attached hydrogens (tertiary/aromatic N) is 2. The van der Waals surface area contributed by atoms with Crippen LogP contribution in [-0.4, -0.2) is 43.6 Å². The Balaban J connectivity index is 1.97. The molecule has 0 fully saturated rings. The summed E-state index contributed by atoms with van der Waals surface area (Å²) in [6, 6.07) is 7.50. The van der Waals surface area contributed by atoms with Crippen LogP contribution in [0.3, 0.4) is 0 Å². The van der Waals surface area contributed by atoms with Crippen LogP contribution < -0.4 is 29.1 Å². The van der Waals surface area contributed by atoms with Crippen LogP contribution in [0.2, 0.25) is 5.02 Å². The van der Waals surface area contributed by atoms with E-state index in [2.05, 4.69) is 4.99 Å². The van der Waals surface area contributed by atoms with Crippen LogP contribution in [-0.2, 0) is 9.53 Å². The molecule has 1 N–H and O–H groups in total. The lowest BCUT2D eigenvalue weighted by Crippen LogP contribution is -2.40. The molecule has 9 nitrogen and oxygen atoms in total. The number of carbonyl (C=O) groups is 1. The van der Waals surface area contributed by atoms with E-state index in [4.69, 9.17) is 30.5 Å². The van der Waals surface area contributed by atoms with E-state index >= 15 is 0 Å². The zero-order valence-electron chi connectivity index (χ0n) is 20.8. The summed E-state index contributed by atoms with van der Waals surface area (Å²) in [6.45, 7) is 3.59. The zero-order chi connectivity index (χ0) is 26.9. The maximum atomic E-state index is 13.8. The first-order chi connectivity index (χ1) is 17.7. The smallest absolute Gasteiger partial charge is 0.338 e. The van der Waals surface area contributed by atoms with Gasteiger partial charge in [0.1, 0.15) is 0 Å². The molecule has 1 atom stereocenters. The van der Waals surface area contributed by atoms with Gasteiger partial charge in [-0.05, 0) is 55.3 Å². The summed E-state index contributed by atoms with van der Waals surface area (Å²) in [5, 5.41) is 10.1. The zero-order valence-corrected chi connectivity index (χ0v) is 22.4. The number of hydrogen-bond acceptors (Lipinski definition) is 9. The molecule has 2 heterocycles. The highest BCUT2D eigenvalue weighted by molar-refractivity contribution is 7.07. The van der Waals surface area contributed by atoms with E-state index in [9.17, 15) is 14.7 Å². The van der Waals surface area contributed by atoms with Crippen LogP contribution in [0.5, 0.6) is 23.0 Å². The van der Waals surface area contributed by atoms with Crippen molar-refractivity contribution in [3.8, 4) is 23.0 Å². The van der Waals surface area contributed by atoms with Gasteiger partial charge in [-0.2, -0.15) is 0 Å². The number of rotatable bonds is 7. The van der Waals surface area contributed by atoms with Crippen molar-refractivity contribution in [2.75, 3.05) is 27.9 Å². The second kappa shape index (κ2) is 10.7. The molecule has 0 aliphatic carbocycles. The Labute approximate surface area is 221 Å². The molecule has 194 valence electrons. The highest BCUT2D eigenvalue weighted by Gasteiger charge is 2.34. The Morgan fingerprint density at radius 2 is 1.84 bits per heavy atom. The minimum absolute atomic E-state index is 0.0852. The molecule has 0 spiro atoms. The van der Waals surface area contributed by atoms with Gasteiger partial charge in [-0.25, -0.2) is 9.79 Å². The molecule has 37 heavy (non-hydrogen) atoms. The Bertz CT molecular complexity index is 1590. The average molecular weight is 545 g/mol. The molecule has 0 saturated heterocycles.